The van der Waals surface area contributed by atoms with Crippen LogP contribution in [0.4, 0.5) is 5.69 Å². The van der Waals surface area contributed by atoms with Gasteiger partial charge < -0.3 is 5.32 Å². The highest BCUT2D eigenvalue weighted by atomic mass is 79.9. The molecule has 5 heteroatoms. The maximum atomic E-state index is 12.0. The van der Waals surface area contributed by atoms with E-state index in [2.05, 4.69) is 21.2 Å². The van der Waals surface area contributed by atoms with E-state index in [9.17, 15) is 4.79 Å². The van der Waals surface area contributed by atoms with E-state index in [1.807, 2.05) is 6.07 Å². The average Bonchev–Trinajstić information content (AvgIpc) is 2.43. The van der Waals surface area contributed by atoms with E-state index in [4.69, 9.17) is 16.9 Å². The van der Waals surface area contributed by atoms with Gasteiger partial charge in [0.05, 0.1) is 16.7 Å². The quantitative estimate of drug-likeness (QED) is 0.893. The molecule has 3 nitrogen and oxygen atoms in total. The second-order valence-electron chi connectivity index (χ2n) is 3.77. The van der Waals surface area contributed by atoms with E-state index >= 15 is 0 Å². The predicted molar refractivity (Wildman–Crippen MR) is 78.3 cm³/mol. The van der Waals surface area contributed by atoms with Crippen molar-refractivity contribution in [3.63, 3.8) is 0 Å². The molecule has 0 unspecified atom stereocenters. The van der Waals surface area contributed by atoms with Crippen LogP contribution in [0.3, 0.4) is 0 Å². The summed E-state index contributed by atoms with van der Waals surface area (Å²) in [6.07, 6.45) is 0. The van der Waals surface area contributed by atoms with Crippen molar-refractivity contribution < 1.29 is 4.79 Å². The van der Waals surface area contributed by atoms with Crippen molar-refractivity contribution >= 4 is 39.1 Å². The second kappa shape index (κ2) is 5.87. The number of carbonyl (C=O) groups is 1. The Morgan fingerprint density at radius 3 is 2.47 bits per heavy atom. The number of carbonyl (C=O) groups excluding carboxylic acids is 1. The zero-order valence-electron chi connectivity index (χ0n) is 9.65. The van der Waals surface area contributed by atoms with Crippen molar-refractivity contribution in [1.29, 1.82) is 5.26 Å². The fraction of sp³-hybridized carbons (Fsp3) is 0. The molecule has 0 aromatic heterocycles. The van der Waals surface area contributed by atoms with Crippen molar-refractivity contribution in [1.82, 2.24) is 0 Å². The lowest BCUT2D eigenvalue weighted by molar-refractivity contribution is 0.102. The smallest absolute Gasteiger partial charge is 0.255 e. The van der Waals surface area contributed by atoms with Gasteiger partial charge in [0, 0.05) is 15.7 Å². The Morgan fingerprint density at radius 1 is 1.21 bits per heavy atom. The van der Waals surface area contributed by atoms with Gasteiger partial charge in [-0.1, -0.05) is 11.6 Å². The van der Waals surface area contributed by atoms with Crippen molar-refractivity contribution in [3.8, 4) is 6.07 Å². The first-order chi connectivity index (χ1) is 9.10. The Balaban J connectivity index is 2.16. The van der Waals surface area contributed by atoms with E-state index in [0.29, 0.717) is 21.8 Å². The average molecular weight is 336 g/mol. The van der Waals surface area contributed by atoms with Gasteiger partial charge in [0.25, 0.3) is 5.91 Å². The van der Waals surface area contributed by atoms with Crippen LogP contribution in [0.1, 0.15) is 15.9 Å². The summed E-state index contributed by atoms with van der Waals surface area (Å²) in [5, 5.41) is 12.0. The number of nitrogens with zero attached hydrogens (tertiary/aromatic N) is 1. The SMILES string of the molecule is N#Cc1ccc(C(=O)Nc2ccc(Br)c(Cl)c2)cc1. The molecule has 19 heavy (non-hydrogen) atoms. The van der Waals surface area contributed by atoms with Crippen LogP contribution in [-0.2, 0) is 0 Å². The molecule has 0 bridgehead atoms. The number of benzene rings is 2. The third-order valence-corrected chi connectivity index (χ3v) is 3.69. The molecule has 0 fully saturated rings. The highest BCUT2D eigenvalue weighted by Gasteiger charge is 2.07. The molecule has 94 valence electrons. The minimum absolute atomic E-state index is 0.247. The van der Waals surface area contributed by atoms with Crippen LogP contribution >= 0.6 is 27.5 Å². The maximum absolute atomic E-state index is 12.0. The maximum Gasteiger partial charge on any atom is 0.255 e. The third-order valence-electron chi connectivity index (χ3n) is 2.45. The zero-order valence-corrected chi connectivity index (χ0v) is 12.0. The number of hydrogen-bond donors (Lipinski definition) is 1. The van der Waals surface area contributed by atoms with E-state index in [1.54, 1.807) is 42.5 Å². The topological polar surface area (TPSA) is 52.9 Å². The Labute approximate surface area is 123 Å². The lowest BCUT2D eigenvalue weighted by Crippen LogP contribution is -2.11. The molecule has 0 saturated heterocycles. The van der Waals surface area contributed by atoms with Crippen molar-refractivity contribution in [3.05, 3.63) is 63.1 Å². The lowest BCUT2D eigenvalue weighted by atomic mass is 10.1. The summed E-state index contributed by atoms with van der Waals surface area (Å²) in [5.41, 5.74) is 1.61. The fourth-order valence-corrected chi connectivity index (χ4v) is 1.90. The molecule has 0 atom stereocenters. The monoisotopic (exact) mass is 334 g/mol. The van der Waals surface area contributed by atoms with Gasteiger partial charge in [-0.15, -0.1) is 0 Å². The molecule has 0 heterocycles. The predicted octanol–water partition coefficient (Wildman–Crippen LogP) is 4.23. The minimum atomic E-state index is -0.247. The Morgan fingerprint density at radius 2 is 1.89 bits per heavy atom. The summed E-state index contributed by atoms with van der Waals surface area (Å²) >= 11 is 9.23. The van der Waals surface area contributed by atoms with E-state index < -0.39 is 0 Å². The number of nitrogens with one attached hydrogen (secondary N) is 1. The first-order valence-corrected chi connectivity index (χ1v) is 6.54. The summed E-state index contributed by atoms with van der Waals surface area (Å²) in [6.45, 7) is 0. The first-order valence-electron chi connectivity index (χ1n) is 5.37. The molecule has 0 aliphatic heterocycles. The standard InChI is InChI=1S/C14H8BrClN2O/c15-12-6-5-11(7-13(12)16)18-14(19)10-3-1-9(8-17)2-4-10/h1-7H,(H,18,19). The van der Waals surface area contributed by atoms with Crippen LogP contribution in [0.15, 0.2) is 46.9 Å². The molecule has 0 aliphatic carbocycles. The molecule has 0 saturated carbocycles. The largest absolute Gasteiger partial charge is 0.322 e. The van der Waals surface area contributed by atoms with Crippen molar-refractivity contribution in [2.24, 2.45) is 0 Å². The molecule has 0 radical (unpaired) electrons. The number of halogens is 2. The summed E-state index contributed by atoms with van der Waals surface area (Å²) in [7, 11) is 0. The summed E-state index contributed by atoms with van der Waals surface area (Å²) in [5.74, 6) is -0.247. The van der Waals surface area contributed by atoms with Crippen molar-refractivity contribution in [2.75, 3.05) is 5.32 Å². The molecule has 1 N–H and O–H groups in total. The fourth-order valence-electron chi connectivity index (χ4n) is 1.47. The van der Waals surface area contributed by atoms with E-state index in [-0.39, 0.29) is 5.91 Å². The first kappa shape index (κ1) is 13.6. The van der Waals surface area contributed by atoms with Gasteiger partial charge in [0.2, 0.25) is 0 Å². The van der Waals surface area contributed by atoms with Gasteiger partial charge in [-0.2, -0.15) is 5.26 Å². The van der Waals surface area contributed by atoms with Gasteiger partial charge in [-0.25, -0.2) is 0 Å². The summed E-state index contributed by atoms with van der Waals surface area (Å²) in [6, 6.07) is 13.6. The van der Waals surface area contributed by atoms with Crippen LogP contribution in [0.25, 0.3) is 0 Å². The lowest BCUT2D eigenvalue weighted by Gasteiger charge is -2.06. The van der Waals surface area contributed by atoms with Crippen LogP contribution in [0.5, 0.6) is 0 Å². The molecule has 2 aromatic carbocycles. The minimum Gasteiger partial charge on any atom is -0.322 e. The molecule has 0 aliphatic rings. The molecule has 0 spiro atoms. The van der Waals surface area contributed by atoms with Gasteiger partial charge in [-0.05, 0) is 58.4 Å². The zero-order chi connectivity index (χ0) is 13.8. The van der Waals surface area contributed by atoms with Gasteiger partial charge >= 0.3 is 0 Å². The van der Waals surface area contributed by atoms with Gasteiger partial charge in [-0.3, -0.25) is 4.79 Å². The number of hydrogen-bond acceptors (Lipinski definition) is 2. The molecule has 2 aromatic rings. The summed E-state index contributed by atoms with van der Waals surface area (Å²) in [4.78, 5) is 12.0. The van der Waals surface area contributed by atoms with Crippen LogP contribution in [-0.4, -0.2) is 5.91 Å². The number of amides is 1. The Kier molecular flexibility index (Phi) is 4.20. The van der Waals surface area contributed by atoms with Crippen LogP contribution in [0.2, 0.25) is 5.02 Å². The molecular weight excluding hydrogens is 328 g/mol. The van der Waals surface area contributed by atoms with E-state index in [0.717, 1.165) is 4.47 Å². The van der Waals surface area contributed by atoms with E-state index in [1.165, 1.54) is 0 Å². The normalized spacial score (nSPS) is 9.74. The molecule has 2 rings (SSSR count). The number of nitriles is 1. The highest BCUT2D eigenvalue weighted by Crippen LogP contribution is 2.25. The van der Waals surface area contributed by atoms with Gasteiger partial charge in [0.15, 0.2) is 0 Å². The van der Waals surface area contributed by atoms with Gasteiger partial charge in [0.1, 0.15) is 0 Å². The Bertz CT molecular complexity index is 662. The van der Waals surface area contributed by atoms with Crippen LogP contribution in [0, 0.1) is 11.3 Å². The highest BCUT2D eigenvalue weighted by molar-refractivity contribution is 9.10. The Hall–Kier alpha value is -1.83. The second-order valence-corrected chi connectivity index (χ2v) is 5.03. The number of rotatable bonds is 2. The van der Waals surface area contributed by atoms with Crippen molar-refractivity contribution in [2.45, 2.75) is 0 Å². The third kappa shape index (κ3) is 3.34. The van der Waals surface area contributed by atoms with Crippen LogP contribution < -0.4 is 5.32 Å². The number of anilines is 1. The molecular formula is C14H8BrClN2O. The molecule has 1 amide bonds. The summed E-state index contributed by atoms with van der Waals surface area (Å²) < 4.78 is 0.769.